The molecule has 0 radical (unpaired) electrons. The van der Waals surface area contributed by atoms with Crippen LogP contribution in [0.5, 0.6) is 0 Å². The van der Waals surface area contributed by atoms with E-state index < -0.39 is 0 Å². The molecule has 3 aromatic rings. The van der Waals surface area contributed by atoms with Crippen molar-refractivity contribution in [1.82, 2.24) is 9.88 Å². The summed E-state index contributed by atoms with van der Waals surface area (Å²) in [6.07, 6.45) is 2.61. The van der Waals surface area contributed by atoms with Gasteiger partial charge in [-0.25, -0.2) is 0 Å². The summed E-state index contributed by atoms with van der Waals surface area (Å²) in [7, 11) is 0. The summed E-state index contributed by atoms with van der Waals surface area (Å²) in [5.74, 6) is -0.386. The smallest absolute Gasteiger partial charge is 0.261 e. The largest absolute Gasteiger partial charge is 0.361 e. The van der Waals surface area contributed by atoms with Crippen molar-refractivity contribution in [2.45, 2.75) is 13.3 Å². The first-order chi connectivity index (χ1) is 11.1. The molecule has 0 fully saturated rings. The van der Waals surface area contributed by atoms with E-state index in [4.69, 9.17) is 0 Å². The van der Waals surface area contributed by atoms with Crippen molar-refractivity contribution in [3.63, 3.8) is 0 Å². The minimum atomic E-state index is -0.193. The zero-order valence-corrected chi connectivity index (χ0v) is 12.8. The first-order valence-electron chi connectivity index (χ1n) is 7.67. The first-order valence-corrected chi connectivity index (χ1v) is 7.67. The Labute approximate surface area is 133 Å². The van der Waals surface area contributed by atoms with Crippen LogP contribution in [-0.4, -0.2) is 28.2 Å². The lowest BCUT2D eigenvalue weighted by Gasteiger charge is -2.13. The molecule has 0 saturated heterocycles. The van der Waals surface area contributed by atoms with Crippen molar-refractivity contribution in [2.24, 2.45) is 0 Å². The molecule has 4 nitrogen and oxygen atoms in total. The Hall–Kier alpha value is -2.88. The monoisotopic (exact) mass is 304 g/mol. The Morgan fingerprint density at radius 3 is 2.39 bits per heavy atom. The number of rotatable bonds is 3. The van der Waals surface area contributed by atoms with Gasteiger partial charge in [0, 0.05) is 23.6 Å². The minimum absolute atomic E-state index is 0.193. The Morgan fingerprint density at radius 2 is 1.70 bits per heavy atom. The van der Waals surface area contributed by atoms with Crippen molar-refractivity contribution < 1.29 is 9.59 Å². The van der Waals surface area contributed by atoms with E-state index in [-0.39, 0.29) is 11.8 Å². The number of aryl methyl sites for hydroxylation is 1. The fourth-order valence-electron chi connectivity index (χ4n) is 3.17. The number of carbonyl (C=O) groups is 2. The topological polar surface area (TPSA) is 53.2 Å². The number of hydrogen-bond donors (Lipinski definition) is 1. The van der Waals surface area contributed by atoms with Gasteiger partial charge in [-0.2, -0.15) is 0 Å². The summed E-state index contributed by atoms with van der Waals surface area (Å²) in [6, 6.07) is 13.2. The maximum Gasteiger partial charge on any atom is 0.261 e. The van der Waals surface area contributed by atoms with E-state index in [1.807, 2.05) is 6.20 Å². The Bertz CT molecular complexity index is 904. The first kappa shape index (κ1) is 13.8. The van der Waals surface area contributed by atoms with Crippen molar-refractivity contribution in [3.05, 3.63) is 70.9 Å². The number of benzene rings is 2. The Balaban J connectivity index is 1.59. The molecule has 23 heavy (non-hydrogen) atoms. The molecule has 1 N–H and O–H groups in total. The summed E-state index contributed by atoms with van der Waals surface area (Å²) in [5.41, 5.74) is 4.41. The number of aromatic nitrogens is 1. The quantitative estimate of drug-likeness (QED) is 0.755. The highest BCUT2D eigenvalue weighted by Crippen LogP contribution is 2.24. The second kappa shape index (κ2) is 5.09. The van der Waals surface area contributed by atoms with Gasteiger partial charge in [-0.1, -0.05) is 23.8 Å². The maximum absolute atomic E-state index is 12.4. The van der Waals surface area contributed by atoms with Gasteiger partial charge < -0.3 is 4.98 Å². The SMILES string of the molecule is Cc1ccc2[nH]cc(CCN3C(=O)c4ccccc4C3=O)c2c1. The Morgan fingerprint density at radius 1 is 1.00 bits per heavy atom. The summed E-state index contributed by atoms with van der Waals surface area (Å²) >= 11 is 0. The van der Waals surface area contributed by atoms with E-state index in [1.165, 1.54) is 10.5 Å². The molecular weight excluding hydrogens is 288 g/mol. The third-order valence-electron chi connectivity index (χ3n) is 4.41. The van der Waals surface area contributed by atoms with Crippen LogP contribution >= 0.6 is 0 Å². The number of hydrogen-bond acceptors (Lipinski definition) is 2. The highest BCUT2D eigenvalue weighted by atomic mass is 16.2. The van der Waals surface area contributed by atoms with Crippen LogP contribution in [0, 0.1) is 6.92 Å². The second-order valence-corrected chi connectivity index (χ2v) is 5.92. The standard InChI is InChI=1S/C19H16N2O2/c1-12-6-7-17-16(10-12)13(11-20-17)8-9-21-18(22)14-4-2-3-5-15(14)19(21)23/h2-7,10-11,20H,8-9H2,1H3. The molecule has 1 aliphatic rings. The van der Waals surface area contributed by atoms with Crippen LogP contribution in [0.15, 0.2) is 48.7 Å². The highest BCUT2D eigenvalue weighted by Gasteiger charge is 2.34. The molecule has 0 unspecified atom stereocenters. The van der Waals surface area contributed by atoms with Crippen LogP contribution < -0.4 is 0 Å². The van der Waals surface area contributed by atoms with Crippen LogP contribution in [0.2, 0.25) is 0 Å². The molecule has 0 aliphatic carbocycles. The molecular formula is C19H16N2O2. The third kappa shape index (κ3) is 2.14. The number of nitrogens with one attached hydrogen (secondary N) is 1. The van der Waals surface area contributed by atoms with Gasteiger partial charge in [0.05, 0.1) is 11.1 Å². The van der Waals surface area contributed by atoms with Crippen molar-refractivity contribution in [1.29, 1.82) is 0 Å². The van der Waals surface area contributed by atoms with Gasteiger partial charge in [0.25, 0.3) is 11.8 Å². The molecule has 0 atom stereocenters. The molecule has 2 amide bonds. The summed E-state index contributed by atoms with van der Waals surface area (Å²) < 4.78 is 0. The molecule has 0 spiro atoms. The predicted molar refractivity (Wildman–Crippen MR) is 88.5 cm³/mol. The van der Waals surface area contributed by atoms with E-state index in [0.717, 1.165) is 16.5 Å². The molecule has 114 valence electrons. The lowest BCUT2D eigenvalue weighted by atomic mass is 10.1. The molecule has 4 heteroatoms. The zero-order chi connectivity index (χ0) is 16.0. The number of carbonyl (C=O) groups excluding carboxylic acids is 2. The van der Waals surface area contributed by atoms with E-state index in [2.05, 4.69) is 30.1 Å². The normalized spacial score (nSPS) is 13.9. The average Bonchev–Trinajstić information content (AvgIpc) is 3.06. The number of H-pyrrole nitrogens is 1. The molecule has 2 aromatic carbocycles. The summed E-state index contributed by atoms with van der Waals surface area (Å²) in [4.78, 5) is 29.4. The summed E-state index contributed by atoms with van der Waals surface area (Å²) in [6.45, 7) is 2.45. The minimum Gasteiger partial charge on any atom is -0.361 e. The van der Waals surface area contributed by atoms with Crippen LogP contribution in [0.3, 0.4) is 0 Å². The number of amides is 2. The van der Waals surface area contributed by atoms with Crippen LogP contribution in [0.1, 0.15) is 31.8 Å². The fraction of sp³-hybridized carbons (Fsp3) is 0.158. The maximum atomic E-state index is 12.4. The van der Waals surface area contributed by atoms with Gasteiger partial charge >= 0.3 is 0 Å². The van der Waals surface area contributed by atoms with Crippen LogP contribution in [-0.2, 0) is 6.42 Å². The number of fused-ring (bicyclic) bond motifs is 2. The number of nitrogens with zero attached hydrogens (tertiary/aromatic N) is 1. The lowest BCUT2D eigenvalue weighted by Crippen LogP contribution is -2.31. The highest BCUT2D eigenvalue weighted by molar-refractivity contribution is 6.21. The van der Waals surface area contributed by atoms with Gasteiger partial charge in [-0.3, -0.25) is 14.5 Å². The molecule has 2 heterocycles. The van der Waals surface area contributed by atoms with Gasteiger partial charge in [-0.05, 0) is 43.2 Å². The van der Waals surface area contributed by atoms with Crippen molar-refractivity contribution in [3.8, 4) is 0 Å². The van der Waals surface area contributed by atoms with Gasteiger partial charge in [-0.15, -0.1) is 0 Å². The lowest BCUT2D eigenvalue weighted by molar-refractivity contribution is 0.0656. The Kier molecular flexibility index (Phi) is 3.05. The molecule has 0 saturated carbocycles. The van der Waals surface area contributed by atoms with Crippen LogP contribution in [0.25, 0.3) is 10.9 Å². The van der Waals surface area contributed by atoms with Gasteiger partial charge in [0.2, 0.25) is 0 Å². The van der Waals surface area contributed by atoms with E-state index in [9.17, 15) is 9.59 Å². The van der Waals surface area contributed by atoms with E-state index in [1.54, 1.807) is 24.3 Å². The van der Waals surface area contributed by atoms with E-state index >= 15 is 0 Å². The third-order valence-corrected chi connectivity index (χ3v) is 4.41. The van der Waals surface area contributed by atoms with Gasteiger partial charge in [0.15, 0.2) is 0 Å². The number of imide groups is 1. The fourth-order valence-corrected chi connectivity index (χ4v) is 3.17. The van der Waals surface area contributed by atoms with Gasteiger partial charge in [0.1, 0.15) is 0 Å². The molecule has 1 aliphatic heterocycles. The molecule has 0 bridgehead atoms. The molecule has 4 rings (SSSR count). The predicted octanol–water partition coefficient (Wildman–Crippen LogP) is 3.32. The number of aromatic amines is 1. The van der Waals surface area contributed by atoms with E-state index in [0.29, 0.717) is 24.1 Å². The van der Waals surface area contributed by atoms with Crippen molar-refractivity contribution >= 4 is 22.7 Å². The second-order valence-electron chi connectivity index (χ2n) is 5.92. The zero-order valence-electron chi connectivity index (χ0n) is 12.8. The van der Waals surface area contributed by atoms with Crippen molar-refractivity contribution in [2.75, 3.05) is 6.54 Å². The van der Waals surface area contributed by atoms with Crippen LogP contribution in [0.4, 0.5) is 0 Å². The molecule has 1 aromatic heterocycles. The average molecular weight is 304 g/mol. The summed E-state index contributed by atoms with van der Waals surface area (Å²) in [5, 5.41) is 1.15.